The number of rotatable bonds is 6. The number of esters is 1. The highest BCUT2D eigenvalue weighted by Gasteiger charge is 2.35. The van der Waals surface area contributed by atoms with Gasteiger partial charge in [-0.25, -0.2) is 9.59 Å². The SMILES string of the molecule is CCOC(=O)C1=C(CN2CCCN(CC(F)(F)F)CC2)NC(=O)NC1c1ccccc1. The number of alkyl halides is 3. The first-order valence-electron chi connectivity index (χ1n) is 10.3. The van der Waals surface area contributed by atoms with E-state index in [1.807, 2.05) is 35.2 Å². The summed E-state index contributed by atoms with van der Waals surface area (Å²) < 4.78 is 43.4. The highest BCUT2D eigenvalue weighted by molar-refractivity contribution is 5.95. The quantitative estimate of drug-likeness (QED) is 0.665. The smallest absolute Gasteiger partial charge is 0.401 e. The zero-order chi connectivity index (χ0) is 22.4. The molecule has 1 saturated heterocycles. The minimum absolute atomic E-state index is 0.182. The van der Waals surface area contributed by atoms with Gasteiger partial charge in [0, 0.05) is 25.3 Å². The van der Waals surface area contributed by atoms with Gasteiger partial charge in [0.1, 0.15) is 0 Å². The molecule has 1 atom stereocenters. The van der Waals surface area contributed by atoms with Crippen LogP contribution in [0.5, 0.6) is 0 Å². The minimum atomic E-state index is -4.24. The molecule has 0 aliphatic carbocycles. The number of benzene rings is 1. The standard InChI is InChI=1S/C21H27F3N4O3/c1-2-31-19(29)17-16(25-20(30)26-18(17)15-7-4-3-5-8-15)13-27-9-6-10-28(12-11-27)14-21(22,23)24/h3-5,7-8,18H,2,6,9-14H2,1H3,(H2,25,26,30). The van der Waals surface area contributed by atoms with E-state index in [1.54, 1.807) is 6.92 Å². The summed E-state index contributed by atoms with van der Waals surface area (Å²) in [4.78, 5) is 28.5. The molecule has 1 unspecified atom stereocenters. The van der Waals surface area contributed by atoms with Crippen LogP contribution in [0.4, 0.5) is 18.0 Å². The molecule has 3 rings (SSSR count). The first kappa shape index (κ1) is 23.1. The number of hydrogen-bond donors (Lipinski definition) is 2. The van der Waals surface area contributed by atoms with E-state index in [9.17, 15) is 22.8 Å². The molecule has 1 fully saturated rings. The molecule has 2 aliphatic heterocycles. The van der Waals surface area contributed by atoms with Crippen LogP contribution in [0.25, 0.3) is 0 Å². The van der Waals surface area contributed by atoms with Crippen LogP contribution in [-0.2, 0) is 9.53 Å². The third-order valence-electron chi connectivity index (χ3n) is 5.25. The summed E-state index contributed by atoms with van der Waals surface area (Å²) in [6, 6.07) is 7.99. The summed E-state index contributed by atoms with van der Waals surface area (Å²) in [5.41, 5.74) is 1.47. The van der Waals surface area contributed by atoms with Gasteiger partial charge in [-0.2, -0.15) is 13.2 Å². The van der Waals surface area contributed by atoms with Gasteiger partial charge >= 0.3 is 18.2 Å². The lowest BCUT2D eigenvalue weighted by Gasteiger charge is -2.32. The highest BCUT2D eigenvalue weighted by atomic mass is 19.4. The second kappa shape index (κ2) is 10.1. The van der Waals surface area contributed by atoms with Crippen molar-refractivity contribution in [2.24, 2.45) is 0 Å². The van der Waals surface area contributed by atoms with E-state index >= 15 is 0 Å². The molecular formula is C21H27F3N4O3. The molecule has 2 N–H and O–H groups in total. The summed E-state index contributed by atoms with van der Waals surface area (Å²) in [5, 5.41) is 5.49. The molecule has 2 aliphatic rings. The monoisotopic (exact) mass is 440 g/mol. The van der Waals surface area contributed by atoms with Gasteiger partial charge in [-0.3, -0.25) is 9.80 Å². The van der Waals surface area contributed by atoms with Gasteiger partial charge in [0.2, 0.25) is 0 Å². The van der Waals surface area contributed by atoms with Gasteiger partial charge in [-0.1, -0.05) is 30.3 Å². The molecule has 0 aromatic heterocycles. The first-order valence-corrected chi connectivity index (χ1v) is 10.3. The van der Waals surface area contributed by atoms with E-state index in [-0.39, 0.29) is 19.7 Å². The van der Waals surface area contributed by atoms with Gasteiger partial charge in [0.05, 0.1) is 24.8 Å². The normalized spacial score (nSPS) is 21.3. The largest absolute Gasteiger partial charge is 0.463 e. The van der Waals surface area contributed by atoms with Crippen LogP contribution in [0, 0.1) is 0 Å². The van der Waals surface area contributed by atoms with E-state index in [0.29, 0.717) is 37.3 Å². The van der Waals surface area contributed by atoms with Gasteiger partial charge < -0.3 is 15.4 Å². The molecule has 2 heterocycles. The van der Waals surface area contributed by atoms with Crippen LogP contribution in [0.3, 0.4) is 0 Å². The van der Waals surface area contributed by atoms with E-state index in [2.05, 4.69) is 10.6 Å². The number of amides is 2. The second-order valence-corrected chi connectivity index (χ2v) is 7.58. The molecule has 170 valence electrons. The van der Waals surface area contributed by atoms with Crippen molar-refractivity contribution >= 4 is 12.0 Å². The Morgan fingerprint density at radius 1 is 1.13 bits per heavy atom. The molecule has 1 aromatic carbocycles. The first-order chi connectivity index (χ1) is 14.8. The second-order valence-electron chi connectivity index (χ2n) is 7.58. The summed E-state index contributed by atoms with van der Waals surface area (Å²) in [6.07, 6.45) is -3.67. The fraction of sp³-hybridized carbons (Fsp3) is 0.524. The van der Waals surface area contributed by atoms with Crippen molar-refractivity contribution in [2.75, 3.05) is 45.9 Å². The fourth-order valence-corrected chi connectivity index (χ4v) is 3.91. The highest BCUT2D eigenvalue weighted by Crippen LogP contribution is 2.28. The Hall–Kier alpha value is -2.59. The maximum atomic E-state index is 12.8. The Balaban J connectivity index is 1.83. The number of urea groups is 1. The lowest BCUT2D eigenvalue weighted by Crippen LogP contribution is -2.48. The van der Waals surface area contributed by atoms with E-state index < -0.39 is 30.8 Å². The third-order valence-corrected chi connectivity index (χ3v) is 5.25. The molecule has 7 nitrogen and oxygen atoms in total. The Bertz CT molecular complexity index is 814. The number of halogens is 3. The number of ether oxygens (including phenoxy) is 1. The van der Waals surface area contributed by atoms with Gasteiger partial charge in [-0.05, 0) is 32.0 Å². The van der Waals surface area contributed by atoms with Crippen molar-refractivity contribution in [1.82, 2.24) is 20.4 Å². The van der Waals surface area contributed by atoms with E-state index in [1.165, 1.54) is 4.90 Å². The van der Waals surface area contributed by atoms with Crippen molar-refractivity contribution in [1.29, 1.82) is 0 Å². The Morgan fingerprint density at radius 3 is 2.48 bits per heavy atom. The zero-order valence-electron chi connectivity index (χ0n) is 17.4. The fourth-order valence-electron chi connectivity index (χ4n) is 3.91. The average molecular weight is 440 g/mol. The van der Waals surface area contributed by atoms with Gasteiger partial charge in [0.25, 0.3) is 0 Å². The molecule has 0 spiro atoms. The Kier molecular flexibility index (Phi) is 7.55. The van der Waals surface area contributed by atoms with Crippen LogP contribution < -0.4 is 10.6 Å². The van der Waals surface area contributed by atoms with Gasteiger partial charge in [-0.15, -0.1) is 0 Å². The summed E-state index contributed by atoms with van der Waals surface area (Å²) in [5.74, 6) is -0.535. The molecule has 1 aromatic rings. The number of nitrogens with zero attached hydrogens (tertiary/aromatic N) is 2. The lowest BCUT2D eigenvalue weighted by atomic mass is 9.95. The summed E-state index contributed by atoms with van der Waals surface area (Å²) in [7, 11) is 0. The molecule has 2 amide bonds. The van der Waals surface area contributed by atoms with Crippen LogP contribution in [0.2, 0.25) is 0 Å². The minimum Gasteiger partial charge on any atom is -0.463 e. The Labute approximate surface area is 179 Å². The van der Waals surface area contributed by atoms with Crippen molar-refractivity contribution in [3.63, 3.8) is 0 Å². The number of hydrogen-bond acceptors (Lipinski definition) is 5. The van der Waals surface area contributed by atoms with E-state index in [4.69, 9.17) is 4.74 Å². The van der Waals surface area contributed by atoms with Gasteiger partial charge in [0.15, 0.2) is 0 Å². The maximum Gasteiger partial charge on any atom is 0.401 e. The predicted molar refractivity (Wildman–Crippen MR) is 108 cm³/mol. The van der Waals surface area contributed by atoms with Crippen molar-refractivity contribution in [3.8, 4) is 0 Å². The zero-order valence-corrected chi connectivity index (χ0v) is 17.4. The lowest BCUT2D eigenvalue weighted by molar-refractivity contribution is -0.145. The Morgan fingerprint density at radius 2 is 1.81 bits per heavy atom. The number of carbonyl (C=O) groups is 2. The number of carbonyl (C=O) groups excluding carboxylic acids is 2. The molecule has 0 bridgehead atoms. The molecular weight excluding hydrogens is 413 g/mol. The van der Waals surface area contributed by atoms with Crippen molar-refractivity contribution in [2.45, 2.75) is 25.6 Å². The third kappa shape index (κ3) is 6.44. The molecule has 0 radical (unpaired) electrons. The van der Waals surface area contributed by atoms with E-state index in [0.717, 1.165) is 5.56 Å². The van der Waals surface area contributed by atoms with Crippen LogP contribution >= 0.6 is 0 Å². The van der Waals surface area contributed by atoms with Crippen LogP contribution in [0.1, 0.15) is 24.9 Å². The molecule has 0 saturated carbocycles. The van der Waals surface area contributed by atoms with Crippen molar-refractivity contribution < 1.29 is 27.5 Å². The van der Waals surface area contributed by atoms with Crippen LogP contribution in [-0.4, -0.2) is 73.9 Å². The average Bonchev–Trinajstić information content (AvgIpc) is 2.92. The summed E-state index contributed by atoms with van der Waals surface area (Å²) in [6.45, 7) is 2.76. The maximum absolute atomic E-state index is 12.8. The van der Waals surface area contributed by atoms with Crippen LogP contribution in [0.15, 0.2) is 41.6 Å². The molecule has 31 heavy (non-hydrogen) atoms. The molecule has 10 heteroatoms. The number of nitrogens with one attached hydrogen (secondary N) is 2. The topological polar surface area (TPSA) is 73.9 Å². The van der Waals surface area contributed by atoms with Crippen molar-refractivity contribution in [3.05, 3.63) is 47.2 Å². The predicted octanol–water partition coefficient (Wildman–Crippen LogP) is 2.43. The summed E-state index contributed by atoms with van der Waals surface area (Å²) >= 11 is 0.